The molecule has 0 fully saturated rings. The van der Waals surface area contributed by atoms with Gasteiger partial charge in [-0.2, -0.15) is 5.10 Å². The Morgan fingerprint density at radius 1 is 1.36 bits per heavy atom. The fourth-order valence-electron chi connectivity index (χ4n) is 2.07. The second kappa shape index (κ2) is 6.10. The van der Waals surface area contributed by atoms with E-state index in [0.717, 1.165) is 10.2 Å². The Kier molecular flexibility index (Phi) is 4.58. The lowest BCUT2D eigenvalue weighted by Gasteiger charge is -2.10. The molecule has 0 spiro atoms. The third-order valence-electron chi connectivity index (χ3n) is 3.20. The summed E-state index contributed by atoms with van der Waals surface area (Å²) in [7, 11) is -1.71. The standard InChI is InChI=1S/C14H16ClN3O3S/c1-9-6-10(4-5-12(9)22(3,20)21)7-16-11-8-17-18(2)14(19)13(11)15/h4-6,8,16H,7H2,1-3H3. The third-order valence-corrected chi connectivity index (χ3v) is 4.82. The fourth-order valence-corrected chi connectivity index (χ4v) is 3.27. The number of aromatic nitrogens is 2. The molecule has 0 aliphatic carbocycles. The number of aryl methyl sites for hydroxylation is 2. The lowest BCUT2D eigenvalue weighted by atomic mass is 10.1. The number of nitrogens with zero attached hydrogens (tertiary/aromatic N) is 2. The predicted octanol–water partition coefficient (Wildman–Crippen LogP) is 1.76. The summed E-state index contributed by atoms with van der Waals surface area (Å²) >= 11 is 5.97. The minimum Gasteiger partial charge on any atom is -0.378 e. The molecule has 0 saturated heterocycles. The van der Waals surface area contributed by atoms with Gasteiger partial charge in [-0.05, 0) is 24.1 Å². The number of hydrogen-bond donors (Lipinski definition) is 1. The highest BCUT2D eigenvalue weighted by Gasteiger charge is 2.11. The smallest absolute Gasteiger partial charge is 0.287 e. The van der Waals surface area contributed by atoms with Gasteiger partial charge in [-0.25, -0.2) is 13.1 Å². The van der Waals surface area contributed by atoms with Crippen molar-refractivity contribution in [2.75, 3.05) is 11.6 Å². The topological polar surface area (TPSA) is 81.1 Å². The monoisotopic (exact) mass is 341 g/mol. The van der Waals surface area contributed by atoms with Gasteiger partial charge in [-0.15, -0.1) is 0 Å². The van der Waals surface area contributed by atoms with Crippen molar-refractivity contribution in [1.29, 1.82) is 0 Å². The Morgan fingerprint density at radius 3 is 2.64 bits per heavy atom. The summed E-state index contributed by atoms with van der Waals surface area (Å²) in [5.74, 6) is 0. The highest BCUT2D eigenvalue weighted by Crippen LogP contribution is 2.19. The number of benzene rings is 1. The molecule has 8 heteroatoms. The highest BCUT2D eigenvalue weighted by atomic mass is 35.5. The van der Waals surface area contributed by atoms with Crippen LogP contribution in [0, 0.1) is 6.92 Å². The number of rotatable bonds is 4. The van der Waals surface area contributed by atoms with E-state index in [1.807, 2.05) is 0 Å². The molecule has 0 atom stereocenters. The molecule has 0 aliphatic rings. The Bertz CT molecular complexity index is 875. The lowest BCUT2D eigenvalue weighted by molar-refractivity contribution is 0.601. The van der Waals surface area contributed by atoms with E-state index in [9.17, 15) is 13.2 Å². The number of hydrogen-bond acceptors (Lipinski definition) is 5. The van der Waals surface area contributed by atoms with Crippen molar-refractivity contribution >= 4 is 27.1 Å². The molecule has 118 valence electrons. The number of halogens is 1. The van der Waals surface area contributed by atoms with Crippen LogP contribution in [0.4, 0.5) is 5.69 Å². The van der Waals surface area contributed by atoms with Crippen LogP contribution in [0.3, 0.4) is 0 Å². The van der Waals surface area contributed by atoms with Crippen LogP contribution in [-0.2, 0) is 23.4 Å². The van der Waals surface area contributed by atoms with Gasteiger partial charge < -0.3 is 5.32 Å². The van der Waals surface area contributed by atoms with E-state index in [4.69, 9.17) is 11.6 Å². The van der Waals surface area contributed by atoms with Crippen LogP contribution < -0.4 is 10.9 Å². The molecule has 1 aromatic heterocycles. The van der Waals surface area contributed by atoms with Crippen molar-refractivity contribution in [2.45, 2.75) is 18.4 Å². The summed E-state index contributed by atoms with van der Waals surface area (Å²) in [5.41, 5.74) is 1.61. The van der Waals surface area contributed by atoms with Crippen LogP contribution in [-0.4, -0.2) is 24.5 Å². The lowest BCUT2D eigenvalue weighted by Crippen LogP contribution is -2.21. The minimum absolute atomic E-state index is 0.0713. The number of nitrogens with one attached hydrogen (secondary N) is 1. The maximum Gasteiger partial charge on any atom is 0.287 e. The molecule has 0 unspecified atom stereocenters. The number of anilines is 1. The fraction of sp³-hybridized carbons (Fsp3) is 0.286. The van der Waals surface area contributed by atoms with Gasteiger partial charge in [0.15, 0.2) is 9.84 Å². The molecule has 0 bridgehead atoms. The second-order valence-electron chi connectivity index (χ2n) is 5.03. The van der Waals surface area contributed by atoms with Crippen molar-refractivity contribution in [2.24, 2.45) is 7.05 Å². The quantitative estimate of drug-likeness (QED) is 0.916. The summed E-state index contributed by atoms with van der Waals surface area (Å²) in [6.45, 7) is 2.14. The third kappa shape index (κ3) is 3.48. The largest absolute Gasteiger partial charge is 0.378 e. The molecular formula is C14H16ClN3O3S. The van der Waals surface area contributed by atoms with Gasteiger partial charge in [-0.1, -0.05) is 23.7 Å². The second-order valence-corrected chi connectivity index (χ2v) is 7.39. The van der Waals surface area contributed by atoms with Crippen LogP contribution in [0.2, 0.25) is 5.02 Å². The molecule has 2 aromatic rings. The van der Waals surface area contributed by atoms with Crippen LogP contribution >= 0.6 is 11.6 Å². The first-order chi connectivity index (χ1) is 10.2. The Balaban J connectivity index is 2.21. The molecule has 0 amide bonds. The Labute approximate surface area is 133 Å². The minimum atomic E-state index is -3.23. The van der Waals surface area contributed by atoms with Gasteiger partial charge in [0.2, 0.25) is 0 Å². The molecule has 6 nitrogen and oxygen atoms in total. The molecule has 1 heterocycles. The summed E-state index contributed by atoms with van der Waals surface area (Å²) in [4.78, 5) is 12.0. The summed E-state index contributed by atoms with van der Waals surface area (Å²) < 4.78 is 24.3. The van der Waals surface area contributed by atoms with Crippen molar-refractivity contribution in [1.82, 2.24) is 9.78 Å². The van der Waals surface area contributed by atoms with E-state index in [0.29, 0.717) is 22.7 Å². The van der Waals surface area contributed by atoms with Crippen LogP contribution in [0.1, 0.15) is 11.1 Å². The van der Waals surface area contributed by atoms with E-state index < -0.39 is 9.84 Å². The Hall–Kier alpha value is -1.86. The maximum atomic E-state index is 11.7. The van der Waals surface area contributed by atoms with Gasteiger partial charge >= 0.3 is 0 Å². The van der Waals surface area contributed by atoms with Gasteiger partial charge in [-0.3, -0.25) is 4.79 Å². The first-order valence-corrected chi connectivity index (χ1v) is 8.72. The number of sulfone groups is 1. The van der Waals surface area contributed by atoms with Crippen molar-refractivity contribution in [3.05, 3.63) is 50.9 Å². The molecule has 22 heavy (non-hydrogen) atoms. The Morgan fingerprint density at radius 2 is 2.05 bits per heavy atom. The van der Waals surface area contributed by atoms with E-state index in [2.05, 4.69) is 10.4 Å². The van der Waals surface area contributed by atoms with E-state index in [1.165, 1.54) is 19.5 Å². The van der Waals surface area contributed by atoms with Crippen LogP contribution in [0.25, 0.3) is 0 Å². The molecular weight excluding hydrogens is 326 g/mol. The van der Waals surface area contributed by atoms with Gasteiger partial charge in [0.25, 0.3) is 5.56 Å². The molecule has 1 N–H and O–H groups in total. The van der Waals surface area contributed by atoms with Crippen molar-refractivity contribution in [3.8, 4) is 0 Å². The van der Waals surface area contributed by atoms with Gasteiger partial charge in [0.1, 0.15) is 5.02 Å². The maximum absolute atomic E-state index is 11.7. The predicted molar refractivity (Wildman–Crippen MR) is 86.1 cm³/mol. The van der Waals surface area contributed by atoms with E-state index in [-0.39, 0.29) is 10.6 Å². The average Bonchev–Trinajstić information content (AvgIpc) is 2.43. The molecule has 2 rings (SSSR count). The van der Waals surface area contributed by atoms with Crippen LogP contribution in [0.5, 0.6) is 0 Å². The van der Waals surface area contributed by atoms with Gasteiger partial charge in [0.05, 0.1) is 16.8 Å². The van der Waals surface area contributed by atoms with E-state index in [1.54, 1.807) is 25.1 Å². The zero-order valence-corrected chi connectivity index (χ0v) is 14.0. The highest BCUT2D eigenvalue weighted by molar-refractivity contribution is 7.90. The molecule has 1 aromatic carbocycles. The average molecular weight is 342 g/mol. The SMILES string of the molecule is Cc1cc(CNc2cnn(C)c(=O)c2Cl)ccc1S(C)(=O)=O. The first kappa shape index (κ1) is 16.5. The van der Waals surface area contributed by atoms with Crippen molar-refractivity contribution < 1.29 is 8.42 Å². The zero-order chi connectivity index (χ0) is 16.5. The normalized spacial score (nSPS) is 11.5. The first-order valence-electron chi connectivity index (χ1n) is 6.45. The van der Waals surface area contributed by atoms with Crippen molar-refractivity contribution in [3.63, 3.8) is 0 Å². The molecule has 0 radical (unpaired) electrons. The molecule has 0 aliphatic heterocycles. The summed E-state index contributed by atoms with van der Waals surface area (Å²) in [5, 5.41) is 6.99. The summed E-state index contributed by atoms with van der Waals surface area (Å²) in [6.07, 6.45) is 2.65. The van der Waals surface area contributed by atoms with Gasteiger partial charge in [0, 0.05) is 19.8 Å². The summed E-state index contributed by atoms with van der Waals surface area (Å²) in [6, 6.07) is 5.08. The van der Waals surface area contributed by atoms with Crippen LogP contribution in [0.15, 0.2) is 34.1 Å². The molecule has 0 saturated carbocycles. The zero-order valence-electron chi connectivity index (χ0n) is 12.4. The van der Waals surface area contributed by atoms with E-state index >= 15 is 0 Å².